The lowest BCUT2D eigenvalue weighted by Crippen LogP contribution is -2.44. The molecule has 0 N–H and O–H groups in total. The summed E-state index contributed by atoms with van der Waals surface area (Å²) in [5.41, 5.74) is 2.72. The third kappa shape index (κ3) is 3.22. The van der Waals surface area contributed by atoms with Crippen molar-refractivity contribution >= 4 is 16.9 Å². The van der Waals surface area contributed by atoms with Crippen LogP contribution in [-0.2, 0) is 6.54 Å². The third-order valence-electron chi connectivity index (χ3n) is 5.85. The highest BCUT2D eigenvalue weighted by atomic mass is 16.2. The maximum atomic E-state index is 13.3. The van der Waals surface area contributed by atoms with E-state index < -0.39 is 0 Å². The van der Waals surface area contributed by atoms with Crippen LogP contribution in [0.1, 0.15) is 61.0 Å². The molecule has 1 amide bonds. The first kappa shape index (κ1) is 17.5. The number of likely N-dealkylation sites (tertiary alicyclic amines) is 1. The third-order valence-corrected chi connectivity index (χ3v) is 5.85. The highest BCUT2D eigenvalue weighted by Gasteiger charge is 2.30. The summed E-state index contributed by atoms with van der Waals surface area (Å²) in [6, 6.07) is 2.35. The molecule has 1 saturated heterocycles. The van der Waals surface area contributed by atoms with E-state index >= 15 is 0 Å². The lowest BCUT2D eigenvalue weighted by atomic mass is 10.0. The Kier molecular flexibility index (Phi) is 4.69. The molecule has 0 bridgehead atoms. The Bertz CT molecular complexity index is 802. The van der Waals surface area contributed by atoms with Gasteiger partial charge in [-0.05, 0) is 58.3 Å². The van der Waals surface area contributed by atoms with Crippen LogP contribution in [0.5, 0.6) is 0 Å². The minimum atomic E-state index is 0.116. The largest absolute Gasteiger partial charge is 0.339 e. The Morgan fingerprint density at radius 3 is 2.65 bits per heavy atom. The number of carbonyl (C=O) groups excluding carboxylic acids is 1. The summed E-state index contributed by atoms with van der Waals surface area (Å²) in [6.07, 6.45) is 7.27. The minimum absolute atomic E-state index is 0.116. The van der Waals surface area contributed by atoms with Crippen molar-refractivity contribution in [1.82, 2.24) is 24.6 Å². The van der Waals surface area contributed by atoms with Crippen LogP contribution < -0.4 is 0 Å². The second kappa shape index (κ2) is 6.99. The van der Waals surface area contributed by atoms with Crippen LogP contribution in [0.4, 0.5) is 0 Å². The molecule has 6 heteroatoms. The Balaban J connectivity index is 1.69. The number of rotatable bonds is 5. The Labute approximate surface area is 155 Å². The van der Waals surface area contributed by atoms with E-state index in [0.29, 0.717) is 12.0 Å². The zero-order chi connectivity index (χ0) is 18.3. The van der Waals surface area contributed by atoms with E-state index in [9.17, 15) is 4.79 Å². The maximum Gasteiger partial charge on any atom is 0.254 e. The van der Waals surface area contributed by atoms with Gasteiger partial charge >= 0.3 is 0 Å². The predicted octanol–water partition coefficient (Wildman–Crippen LogP) is 2.88. The SMILES string of the molecule is CCCn1ncc2c(C(=O)N(C)C3CCN(C)CC3)cc(C3CC3)nc21. The molecule has 1 saturated carbocycles. The van der Waals surface area contributed by atoms with Gasteiger partial charge in [-0.3, -0.25) is 4.79 Å². The first-order chi connectivity index (χ1) is 12.6. The van der Waals surface area contributed by atoms with E-state index in [1.807, 2.05) is 28.9 Å². The molecule has 2 aliphatic rings. The van der Waals surface area contributed by atoms with Crippen LogP contribution in [0.25, 0.3) is 11.0 Å². The molecule has 1 aliphatic carbocycles. The van der Waals surface area contributed by atoms with E-state index in [2.05, 4.69) is 24.0 Å². The van der Waals surface area contributed by atoms with Gasteiger partial charge in [-0.1, -0.05) is 6.92 Å². The molecule has 3 heterocycles. The lowest BCUT2D eigenvalue weighted by Gasteiger charge is -2.35. The van der Waals surface area contributed by atoms with E-state index in [4.69, 9.17) is 4.98 Å². The van der Waals surface area contributed by atoms with Crippen molar-refractivity contribution in [1.29, 1.82) is 0 Å². The van der Waals surface area contributed by atoms with Gasteiger partial charge in [0, 0.05) is 31.2 Å². The Hall–Kier alpha value is -1.95. The average Bonchev–Trinajstić information content (AvgIpc) is 3.43. The number of hydrogen-bond acceptors (Lipinski definition) is 4. The van der Waals surface area contributed by atoms with Gasteiger partial charge in [0.2, 0.25) is 0 Å². The van der Waals surface area contributed by atoms with Crippen LogP contribution in [0.3, 0.4) is 0 Å². The number of carbonyl (C=O) groups is 1. The van der Waals surface area contributed by atoms with E-state index in [0.717, 1.165) is 61.2 Å². The molecule has 2 aromatic heterocycles. The van der Waals surface area contributed by atoms with Gasteiger partial charge in [0.15, 0.2) is 5.65 Å². The smallest absolute Gasteiger partial charge is 0.254 e. The maximum absolute atomic E-state index is 13.3. The normalized spacial score (nSPS) is 19.2. The summed E-state index contributed by atoms with van der Waals surface area (Å²) < 4.78 is 1.95. The molecule has 2 fully saturated rings. The molecule has 26 heavy (non-hydrogen) atoms. The monoisotopic (exact) mass is 355 g/mol. The summed E-state index contributed by atoms with van der Waals surface area (Å²) in [5, 5.41) is 5.40. The van der Waals surface area contributed by atoms with Gasteiger partial charge < -0.3 is 9.80 Å². The van der Waals surface area contributed by atoms with Gasteiger partial charge in [0.25, 0.3) is 5.91 Å². The van der Waals surface area contributed by atoms with Crippen LogP contribution in [0, 0.1) is 0 Å². The molecule has 0 atom stereocenters. The second-order valence-electron chi connectivity index (χ2n) is 7.92. The van der Waals surface area contributed by atoms with Gasteiger partial charge in [-0.25, -0.2) is 9.67 Å². The quantitative estimate of drug-likeness (QED) is 0.828. The lowest BCUT2D eigenvalue weighted by molar-refractivity contribution is 0.0661. The van der Waals surface area contributed by atoms with Gasteiger partial charge in [-0.15, -0.1) is 0 Å². The highest BCUT2D eigenvalue weighted by molar-refractivity contribution is 6.05. The molecule has 0 aromatic carbocycles. The second-order valence-corrected chi connectivity index (χ2v) is 7.92. The van der Waals surface area contributed by atoms with Crippen LogP contribution in [-0.4, -0.2) is 63.7 Å². The molecule has 0 spiro atoms. The summed E-state index contributed by atoms with van der Waals surface area (Å²) in [6.45, 7) is 5.08. The first-order valence-electron chi connectivity index (χ1n) is 9.90. The van der Waals surface area contributed by atoms with Crippen LogP contribution in [0.2, 0.25) is 0 Å². The molecular weight excluding hydrogens is 326 g/mol. The van der Waals surface area contributed by atoms with Crippen molar-refractivity contribution in [3.8, 4) is 0 Å². The molecule has 0 unspecified atom stereocenters. The van der Waals surface area contributed by atoms with E-state index in [-0.39, 0.29) is 5.91 Å². The van der Waals surface area contributed by atoms with Crippen molar-refractivity contribution in [2.45, 2.75) is 57.5 Å². The number of pyridine rings is 1. The first-order valence-corrected chi connectivity index (χ1v) is 9.90. The number of piperidine rings is 1. The number of fused-ring (bicyclic) bond motifs is 1. The number of aryl methyl sites for hydroxylation is 1. The molecule has 0 radical (unpaired) electrons. The highest BCUT2D eigenvalue weighted by Crippen LogP contribution is 2.40. The fourth-order valence-electron chi connectivity index (χ4n) is 3.95. The minimum Gasteiger partial charge on any atom is -0.339 e. The van der Waals surface area contributed by atoms with Crippen molar-refractivity contribution < 1.29 is 4.79 Å². The fourth-order valence-corrected chi connectivity index (χ4v) is 3.95. The van der Waals surface area contributed by atoms with Gasteiger partial charge in [-0.2, -0.15) is 5.10 Å². The molecule has 140 valence electrons. The topological polar surface area (TPSA) is 54.3 Å². The molecule has 2 aromatic rings. The summed E-state index contributed by atoms with van der Waals surface area (Å²) in [7, 11) is 4.10. The molecule has 4 rings (SSSR count). The van der Waals surface area contributed by atoms with Gasteiger partial charge in [0.1, 0.15) is 0 Å². The average molecular weight is 355 g/mol. The van der Waals surface area contributed by atoms with Crippen molar-refractivity contribution in [2.75, 3.05) is 27.2 Å². The number of aromatic nitrogens is 3. The molecule has 6 nitrogen and oxygen atoms in total. The standard InChI is InChI=1S/C20H29N5O/c1-4-9-25-19-17(13-21-25)16(12-18(22-19)14-5-6-14)20(26)24(3)15-7-10-23(2)11-8-15/h12-15H,4-11H2,1-3H3. The zero-order valence-electron chi connectivity index (χ0n) is 16.1. The number of amides is 1. The summed E-state index contributed by atoms with van der Waals surface area (Å²) in [5.74, 6) is 0.634. The van der Waals surface area contributed by atoms with Crippen LogP contribution >= 0.6 is 0 Å². The molecular formula is C20H29N5O. The Morgan fingerprint density at radius 1 is 1.27 bits per heavy atom. The number of nitrogens with zero attached hydrogens (tertiary/aromatic N) is 5. The van der Waals surface area contributed by atoms with E-state index in [1.165, 1.54) is 12.8 Å². The van der Waals surface area contributed by atoms with Crippen molar-refractivity contribution in [2.24, 2.45) is 0 Å². The summed E-state index contributed by atoms with van der Waals surface area (Å²) in [4.78, 5) is 22.5. The zero-order valence-corrected chi connectivity index (χ0v) is 16.1. The van der Waals surface area contributed by atoms with Gasteiger partial charge in [0.05, 0.1) is 17.1 Å². The fraction of sp³-hybridized carbons (Fsp3) is 0.650. The predicted molar refractivity (Wildman–Crippen MR) is 102 cm³/mol. The van der Waals surface area contributed by atoms with Crippen molar-refractivity contribution in [3.63, 3.8) is 0 Å². The van der Waals surface area contributed by atoms with E-state index in [1.54, 1.807) is 0 Å². The van der Waals surface area contributed by atoms with Crippen LogP contribution in [0.15, 0.2) is 12.3 Å². The number of hydrogen-bond donors (Lipinski definition) is 0. The Morgan fingerprint density at radius 2 is 2.00 bits per heavy atom. The molecule has 1 aliphatic heterocycles. The summed E-state index contributed by atoms with van der Waals surface area (Å²) >= 11 is 0. The van der Waals surface area contributed by atoms with Crippen molar-refractivity contribution in [3.05, 3.63) is 23.5 Å².